The molecule has 3 aromatic rings. The summed E-state index contributed by atoms with van der Waals surface area (Å²) in [5.41, 5.74) is 2.33. The van der Waals surface area contributed by atoms with Crippen LogP contribution in [0.25, 0.3) is 0 Å². The molecule has 0 aliphatic carbocycles. The largest absolute Gasteiger partial charge is 0.492 e. The van der Waals surface area contributed by atoms with E-state index in [4.69, 9.17) is 21.3 Å². The maximum atomic E-state index is 6.20. The summed E-state index contributed by atoms with van der Waals surface area (Å²) in [5, 5.41) is 0.767. The van der Waals surface area contributed by atoms with E-state index in [1.807, 2.05) is 54.7 Å². The van der Waals surface area contributed by atoms with Gasteiger partial charge in [0.1, 0.15) is 12.4 Å². The Bertz CT molecular complexity index is 973. The maximum Gasteiger partial charge on any atom is 0.119 e. The van der Waals surface area contributed by atoms with Crippen molar-refractivity contribution in [3.05, 3.63) is 95.3 Å². The van der Waals surface area contributed by atoms with Crippen molar-refractivity contribution >= 4 is 11.6 Å². The van der Waals surface area contributed by atoms with Crippen LogP contribution in [0, 0.1) is 5.92 Å². The molecule has 4 rings (SSSR count). The molecule has 1 aliphatic rings. The molecule has 1 saturated heterocycles. The van der Waals surface area contributed by atoms with Gasteiger partial charge >= 0.3 is 0 Å². The Kier molecular flexibility index (Phi) is 8.97. The molecule has 2 heterocycles. The fourth-order valence-electron chi connectivity index (χ4n) is 4.83. The fraction of sp³-hybridized carbons (Fsp3) is 0.414. The SMILES string of the molecule is CC(C)N(CC1CCN(CCOc2ccccc2)CC1)C(c1ccc(Cl)cc1)c1ccccn1. The van der Waals surface area contributed by atoms with Crippen molar-refractivity contribution < 1.29 is 4.74 Å². The van der Waals surface area contributed by atoms with Crippen LogP contribution in [-0.2, 0) is 0 Å². The number of halogens is 1. The van der Waals surface area contributed by atoms with Crippen molar-refractivity contribution in [2.75, 3.05) is 32.8 Å². The molecule has 1 fully saturated rings. The minimum Gasteiger partial charge on any atom is -0.492 e. The molecule has 1 aromatic heterocycles. The lowest BCUT2D eigenvalue weighted by Crippen LogP contribution is -2.43. The monoisotopic (exact) mass is 477 g/mol. The molecule has 0 bridgehead atoms. The van der Waals surface area contributed by atoms with Crippen molar-refractivity contribution in [1.29, 1.82) is 0 Å². The van der Waals surface area contributed by atoms with Crippen LogP contribution in [0.5, 0.6) is 5.75 Å². The molecule has 180 valence electrons. The van der Waals surface area contributed by atoms with Gasteiger partial charge in [-0.3, -0.25) is 14.8 Å². The minimum atomic E-state index is 0.121. The lowest BCUT2D eigenvalue weighted by atomic mass is 9.93. The van der Waals surface area contributed by atoms with E-state index in [0.29, 0.717) is 12.0 Å². The van der Waals surface area contributed by atoms with Crippen LogP contribution < -0.4 is 4.74 Å². The first-order valence-electron chi connectivity index (χ1n) is 12.4. The molecular weight excluding hydrogens is 442 g/mol. The second-order valence-electron chi connectivity index (χ2n) is 9.45. The Hall–Kier alpha value is -2.40. The highest BCUT2D eigenvalue weighted by atomic mass is 35.5. The molecule has 0 amide bonds. The number of ether oxygens (including phenoxy) is 1. The van der Waals surface area contributed by atoms with Gasteiger partial charge in [-0.15, -0.1) is 0 Å². The highest BCUT2D eigenvalue weighted by Crippen LogP contribution is 2.32. The number of likely N-dealkylation sites (tertiary alicyclic amines) is 1. The van der Waals surface area contributed by atoms with E-state index in [-0.39, 0.29) is 6.04 Å². The second-order valence-corrected chi connectivity index (χ2v) is 9.88. The van der Waals surface area contributed by atoms with Gasteiger partial charge in [0.2, 0.25) is 0 Å². The normalized spacial score (nSPS) is 16.1. The fourth-order valence-corrected chi connectivity index (χ4v) is 4.96. The third kappa shape index (κ3) is 6.82. The zero-order chi connectivity index (χ0) is 23.8. The van der Waals surface area contributed by atoms with Gasteiger partial charge in [-0.1, -0.05) is 48.0 Å². The predicted molar refractivity (Wildman–Crippen MR) is 140 cm³/mol. The van der Waals surface area contributed by atoms with Crippen LogP contribution in [0.15, 0.2) is 79.0 Å². The average Bonchev–Trinajstić information content (AvgIpc) is 2.87. The van der Waals surface area contributed by atoms with Crippen molar-refractivity contribution in [3.8, 4) is 5.75 Å². The number of benzene rings is 2. The van der Waals surface area contributed by atoms with Crippen molar-refractivity contribution in [2.24, 2.45) is 5.92 Å². The molecule has 1 aliphatic heterocycles. The van der Waals surface area contributed by atoms with Gasteiger partial charge in [0, 0.05) is 30.4 Å². The first-order chi connectivity index (χ1) is 16.6. The van der Waals surface area contributed by atoms with E-state index in [1.165, 1.54) is 18.4 Å². The van der Waals surface area contributed by atoms with Gasteiger partial charge in [0.25, 0.3) is 0 Å². The Balaban J connectivity index is 1.37. The maximum absolute atomic E-state index is 6.20. The lowest BCUT2D eigenvalue weighted by molar-refractivity contribution is 0.0983. The third-order valence-corrected chi connectivity index (χ3v) is 7.00. The van der Waals surface area contributed by atoms with E-state index in [1.54, 1.807) is 0 Å². The minimum absolute atomic E-state index is 0.121. The van der Waals surface area contributed by atoms with E-state index < -0.39 is 0 Å². The quantitative estimate of drug-likeness (QED) is 0.341. The summed E-state index contributed by atoms with van der Waals surface area (Å²) in [6.45, 7) is 9.63. The lowest BCUT2D eigenvalue weighted by Gasteiger charge is -2.40. The number of aromatic nitrogens is 1. The number of rotatable bonds is 10. The summed E-state index contributed by atoms with van der Waals surface area (Å²) in [6.07, 6.45) is 4.32. The van der Waals surface area contributed by atoms with E-state index in [0.717, 1.165) is 49.3 Å². The van der Waals surface area contributed by atoms with Crippen molar-refractivity contribution in [2.45, 2.75) is 38.8 Å². The summed E-state index contributed by atoms with van der Waals surface area (Å²) in [6, 6.07) is 25.1. The molecular formula is C29H36ClN3O. The molecule has 0 N–H and O–H groups in total. The number of para-hydroxylation sites is 1. The number of hydrogen-bond donors (Lipinski definition) is 0. The zero-order valence-electron chi connectivity index (χ0n) is 20.3. The van der Waals surface area contributed by atoms with Gasteiger partial charge in [-0.25, -0.2) is 0 Å². The molecule has 0 saturated carbocycles. The van der Waals surface area contributed by atoms with Crippen LogP contribution in [0.4, 0.5) is 0 Å². The number of pyridine rings is 1. The number of piperidine rings is 1. The van der Waals surface area contributed by atoms with Crippen LogP contribution in [-0.4, -0.2) is 53.6 Å². The van der Waals surface area contributed by atoms with E-state index >= 15 is 0 Å². The summed E-state index contributed by atoms with van der Waals surface area (Å²) >= 11 is 6.20. The smallest absolute Gasteiger partial charge is 0.119 e. The summed E-state index contributed by atoms with van der Waals surface area (Å²) in [4.78, 5) is 9.90. The first kappa shape index (κ1) is 24.7. The highest BCUT2D eigenvalue weighted by molar-refractivity contribution is 6.30. The third-order valence-electron chi connectivity index (χ3n) is 6.74. The molecule has 2 aromatic carbocycles. The van der Waals surface area contributed by atoms with Gasteiger partial charge < -0.3 is 4.74 Å². The topological polar surface area (TPSA) is 28.6 Å². The Labute approximate surface area is 209 Å². The van der Waals surface area contributed by atoms with E-state index in [9.17, 15) is 0 Å². The van der Waals surface area contributed by atoms with Crippen molar-refractivity contribution in [3.63, 3.8) is 0 Å². The van der Waals surface area contributed by atoms with E-state index in [2.05, 4.69) is 47.9 Å². The van der Waals surface area contributed by atoms with Gasteiger partial charge in [-0.05, 0) is 87.7 Å². The van der Waals surface area contributed by atoms with Crippen LogP contribution in [0.2, 0.25) is 5.02 Å². The standard InChI is InChI=1S/C29H36ClN3O/c1-23(2)33(29(28-10-6-7-17-31-28)25-11-13-26(30)14-12-25)22-24-15-18-32(19-16-24)20-21-34-27-8-4-3-5-9-27/h3-14,17,23-24,29H,15-16,18-22H2,1-2H3. The zero-order valence-corrected chi connectivity index (χ0v) is 21.1. The van der Waals surface area contributed by atoms with Crippen LogP contribution in [0.3, 0.4) is 0 Å². The molecule has 0 spiro atoms. The Morgan fingerprint density at radius 1 is 0.971 bits per heavy atom. The molecule has 1 atom stereocenters. The first-order valence-corrected chi connectivity index (χ1v) is 12.8. The van der Waals surface area contributed by atoms with Gasteiger partial charge in [0.15, 0.2) is 0 Å². The predicted octanol–water partition coefficient (Wildman–Crippen LogP) is 6.33. The molecule has 1 unspecified atom stereocenters. The van der Waals surface area contributed by atoms with Gasteiger partial charge in [0.05, 0.1) is 11.7 Å². The van der Waals surface area contributed by atoms with Crippen molar-refractivity contribution in [1.82, 2.24) is 14.8 Å². The molecule has 34 heavy (non-hydrogen) atoms. The molecule has 0 radical (unpaired) electrons. The Morgan fingerprint density at radius 3 is 2.32 bits per heavy atom. The second kappa shape index (κ2) is 12.3. The highest BCUT2D eigenvalue weighted by Gasteiger charge is 2.29. The number of nitrogens with zero attached hydrogens (tertiary/aromatic N) is 3. The summed E-state index contributed by atoms with van der Waals surface area (Å²) in [5.74, 6) is 1.62. The van der Waals surface area contributed by atoms with Crippen LogP contribution >= 0.6 is 11.6 Å². The summed E-state index contributed by atoms with van der Waals surface area (Å²) in [7, 11) is 0. The summed E-state index contributed by atoms with van der Waals surface area (Å²) < 4.78 is 5.90. The van der Waals surface area contributed by atoms with Gasteiger partial charge in [-0.2, -0.15) is 0 Å². The number of hydrogen-bond acceptors (Lipinski definition) is 4. The molecule has 4 nitrogen and oxygen atoms in total. The van der Waals surface area contributed by atoms with Crippen LogP contribution in [0.1, 0.15) is 44.0 Å². The molecule has 5 heteroatoms. The average molecular weight is 478 g/mol. The Morgan fingerprint density at radius 2 is 1.68 bits per heavy atom.